The van der Waals surface area contributed by atoms with Crippen LogP contribution in [0.4, 0.5) is 0 Å². The maximum absolute atomic E-state index is 10.6. The van der Waals surface area contributed by atoms with Crippen LogP contribution in [0.1, 0.15) is 24.8 Å². The highest BCUT2D eigenvalue weighted by molar-refractivity contribution is 7.15. The molecule has 2 rings (SSSR count). The molecule has 0 radical (unpaired) electrons. The van der Waals surface area contributed by atoms with E-state index in [0.29, 0.717) is 4.34 Å². The van der Waals surface area contributed by atoms with Gasteiger partial charge in [0, 0.05) is 5.41 Å². The van der Waals surface area contributed by atoms with Gasteiger partial charge in [0.05, 0.1) is 17.7 Å². The summed E-state index contributed by atoms with van der Waals surface area (Å²) in [6.45, 7) is 3.93. The summed E-state index contributed by atoms with van der Waals surface area (Å²) in [7, 11) is 0. The summed E-state index contributed by atoms with van der Waals surface area (Å²) in [4.78, 5) is 17.0. The Labute approximate surface area is 109 Å². The van der Waals surface area contributed by atoms with Crippen LogP contribution in [0.25, 0.3) is 0 Å². The van der Waals surface area contributed by atoms with Crippen LogP contribution in [0.2, 0.25) is 4.34 Å². The van der Waals surface area contributed by atoms with Gasteiger partial charge in [0.25, 0.3) is 0 Å². The summed E-state index contributed by atoms with van der Waals surface area (Å²) < 4.78 is 0.717. The van der Waals surface area contributed by atoms with Crippen molar-refractivity contribution in [3.63, 3.8) is 0 Å². The predicted molar refractivity (Wildman–Crippen MR) is 67.8 cm³/mol. The molecular weight excluding hydrogens is 260 g/mol. The zero-order valence-electron chi connectivity index (χ0n) is 9.65. The highest BCUT2D eigenvalue weighted by Crippen LogP contribution is 2.38. The van der Waals surface area contributed by atoms with E-state index < -0.39 is 5.97 Å². The lowest BCUT2D eigenvalue weighted by Crippen LogP contribution is -2.42. The highest BCUT2D eigenvalue weighted by atomic mass is 35.5. The number of carboxylic acids is 1. The van der Waals surface area contributed by atoms with Crippen molar-refractivity contribution in [1.82, 2.24) is 9.88 Å². The van der Waals surface area contributed by atoms with Crippen molar-refractivity contribution in [2.75, 3.05) is 19.6 Å². The van der Waals surface area contributed by atoms with Gasteiger partial charge in [0.1, 0.15) is 4.34 Å². The monoisotopic (exact) mass is 274 g/mol. The van der Waals surface area contributed by atoms with E-state index in [4.69, 9.17) is 16.7 Å². The number of hydrogen-bond acceptors (Lipinski definition) is 4. The second kappa shape index (κ2) is 4.92. The summed E-state index contributed by atoms with van der Waals surface area (Å²) in [5.41, 5.74) is 0.0484. The van der Waals surface area contributed by atoms with Crippen LogP contribution < -0.4 is 0 Å². The van der Waals surface area contributed by atoms with Gasteiger partial charge in [-0.3, -0.25) is 9.69 Å². The van der Waals surface area contributed by atoms with E-state index in [2.05, 4.69) is 11.9 Å². The molecular formula is C11H15ClN2O2S. The second-order valence-electron chi connectivity index (χ2n) is 4.70. The Bertz CT molecular complexity index is 413. The van der Waals surface area contributed by atoms with Crippen molar-refractivity contribution >= 4 is 28.9 Å². The van der Waals surface area contributed by atoms with Gasteiger partial charge in [-0.15, -0.1) is 11.3 Å². The van der Waals surface area contributed by atoms with E-state index in [9.17, 15) is 4.79 Å². The van der Waals surface area contributed by atoms with Crippen LogP contribution in [0.15, 0.2) is 6.20 Å². The van der Waals surface area contributed by atoms with E-state index in [1.807, 2.05) is 4.90 Å². The molecule has 1 aromatic rings. The Kier molecular flexibility index (Phi) is 3.70. The van der Waals surface area contributed by atoms with Gasteiger partial charge in [-0.05, 0) is 25.9 Å². The van der Waals surface area contributed by atoms with Gasteiger partial charge < -0.3 is 5.11 Å². The zero-order chi connectivity index (χ0) is 12.5. The van der Waals surface area contributed by atoms with Crippen LogP contribution >= 0.6 is 22.9 Å². The zero-order valence-corrected chi connectivity index (χ0v) is 11.2. The number of carbonyl (C=O) groups is 1. The third-order valence-corrected chi connectivity index (χ3v) is 4.73. The van der Waals surface area contributed by atoms with Crippen molar-refractivity contribution in [2.24, 2.45) is 0 Å². The fraction of sp³-hybridized carbons (Fsp3) is 0.636. The number of nitrogens with zero attached hydrogens (tertiary/aromatic N) is 2. The number of hydrogen-bond donors (Lipinski definition) is 1. The minimum absolute atomic E-state index is 0.0484. The molecule has 0 aliphatic carbocycles. The standard InChI is InChI=1S/C11H15ClN2O2S/c1-11(10-13-6-8(12)17-10)2-4-14(5-3-11)7-9(15)16/h6H,2-5,7H2,1H3,(H,15,16). The lowest BCUT2D eigenvalue weighted by Gasteiger charge is -2.37. The summed E-state index contributed by atoms with van der Waals surface area (Å²) >= 11 is 7.43. The first-order valence-corrected chi connectivity index (χ1v) is 6.75. The first-order chi connectivity index (χ1) is 7.99. The Morgan fingerprint density at radius 1 is 1.65 bits per heavy atom. The molecule has 0 atom stereocenters. The fourth-order valence-electron chi connectivity index (χ4n) is 2.14. The highest BCUT2D eigenvalue weighted by Gasteiger charge is 2.34. The molecule has 1 aliphatic heterocycles. The van der Waals surface area contributed by atoms with E-state index in [1.54, 1.807) is 6.20 Å². The largest absolute Gasteiger partial charge is 0.480 e. The van der Waals surface area contributed by atoms with E-state index in [0.717, 1.165) is 30.9 Å². The molecule has 0 saturated carbocycles. The van der Waals surface area contributed by atoms with Crippen molar-refractivity contribution in [3.05, 3.63) is 15.5 Å². The smallest absolute Gasteiger partial charge is 0.317 e. The molecule has 94 valence electrons. The Morgan fingerprint density at radius 2 is 2.29 bits per heavy atom. The number of piperidine rings is 1. The summed E-state index contributed by atoms with van der Waals surface area (Å²) in [5.74, 6) is -0.758. The van der Waals surface area contributed by atoms with Gasteiger partial charge in [-0.1, -0.05) is 18.5 Å². The summed E-state index contributed by atoms with van der Waals surface area (Å²) in [5, 5.41) is 9.81. The SMILES string of the molecule is CC1(c2ncc(Cl)s2)CCN(CC(=O)O)CC1. The average Bonchev–Trinajstić information content (AvgIpc) is 2.69. The molecule has 0 spiro atoms. The molecule has 1 N–H and O–H groups in total. The van der Waals surface area contributed by atoms with Crippen molar-refractivity contribution < 1.29 is 9.90 Å². The minimum atomic E-state index is -0.758. The van der Waals surface area contributed by atoms with Gasteiger partial charge in [0.2, 0.25) is 0 Å². The Hall–Kier alpha value is -0.650. The maximum atomic E-state index is 10.6. The molecule has 1 aromatic heterocycles. The molecule has 1 fully saturated rings. The van der Waals surface area contributed by atoms with E-state index in [-0.39, 0.29) is 12.0 Å². The number of aromatic nitrogens is 1. The van der Waals surface area contributed by atoms with Crippen LogP contribution in [-0.2, 0) is 10.2 Å². The lowest BCUT2D eigenvalue weighted by molar-refractivity contribution is -0.138. The molecule has 0 unspecified atom stereocenters. The minimum Gasteiger partial charge on any atom is -0.480 e. The number of likely N-dealkylation sites (tertiary alicyclic amines) is 1. The molecule has 17 heavy (non-hydrogen) atoms. The molecule has 6 heteroatoms. The lowest BCUT2D eigenvalue weighted by atomic mass is 9.81. The van der Waals surface area contributed by atoms with E-state index in [1.165, 1.54) is 11.3 Å². The first-order valence-electron chi connectivity index (χ1n) is 5.55. The summed E-state index contributed by atoms with van der Waals surface area (Å²) in [6.07, 6.45) is 3.56. The van der Waals surface area contributed by atoms with Crippen LogP contribution in [0.3, 0.4) is 0 Å². The number of thiazole rings is 1. The molecule has 0 amide bonds. The molecule has 1 saturated heterocycles. The van der Waals surface area contributed by atoms with E-state index >= 15 is 0 Å². The predicted octanol–water partition coefficient (Wildman–Crippen LogP) is 2.23. The maximum Gasteiger partial charge on any atom is 0.317 e. The normalized spacial score (nSPS) is 20.4. The van der Waals surface area contributed by atoms with Gasteiger partial charge in [-0.25, -0.2) is 4.98 Å². The van der Waals surface area contributed by atoms with Crippen molar-refractivity contribution in [2.45, 2.75) is 25.2 Å². The quantitative estimate of drug-likeness (QED) is 0.918. The number of carboxylic acid groups (broad SMARTS) is 1. The van der Waals surface area contributed by atoms with Crippen molar-refractivity contribution in [3.8, 4) is 0 Å². The number of halogens is 1. The molecule has 0 bridgehead atoms. The summed E-state index contributed by atoms with van der Waals surface area (Å²) in [6, 6.07) is 0. The molecule has 2 heterocycles. The van der Waals surface area contributed by atoms with Crippen LogP contribution in [0, 0.1) is 0 Å². The molecule has 1 aliphatic rings. The van der Waals surface area contributed by atoms with Gasteiger partial charge in [0.15, 0.2) is 0 Å². The third-order valence-electron chi connectivity index (χ3n) is 3.31. The van der Waals surface area contributed by atoms with Crippen LogP contribution in [-0.4, -0.2) is 40.6 Å². The topological polar surface area (TPSA) is 53.4 Å². The Morgan fingerprint density at radius 3 is 2.76 bits per heavy atom. The number of aliphatic carboxylic acids is 1. The second-order valence-corrected chi connectivity index (χ2v) is 6.36. The fourth-order valence-corrected chi connectivity index (χ4v) is 3.26. The van der Waals surface area contributed by atoms with Crippen LogP contribution in [0.5, 0.6) is 0 Å². The van der Waals surface area contributed by atoms with Crippen molar-refractivity contribution in [1.29, 1.82) is 0 Å². The Balaban J connectivity index is 2.00. The first kappa shape index (κ1) is 12.8. The third kappa shape index (κ3) is 2.97. The average molecular weight is 275 g/mol. The van der Waals surface area contributed by atoms with Gasteiger partial charge >= 0.3 is 5.97 Å². The number of rotatable bonds is 3. The molecule has 4 nitrogen and oxygen atoms in total. The van der Waals surface area contributed by atoms with Gasteiger partial charge in [-0.2, -0.15) is 0 Å². The molecule has 0 aromatic carbocycles.